The van der Waals surface area contributed by atoms with E-state index >= 15 is 0 Å². The van der Waals surface area contributed by atoms with E-state index in [0.717, 1.165) is 18.5 Å². The smallest absolute Gasteiger partial charge is 0.0936 e. The highest BCUT2D eigenvalue weighted by atomic mass is 35.5. The van der Waals surface area contributed by atoms with Gasteiger partial charge in [-0.2, -0.15) is 0 Å². The molecule has 1 aliphatic carbocycles. The first-order valence-electron chi connectivity index (χ1n) is 9.17. The van der Waals surface area contributed by atoms with Crippen LogP contribution in [0.4, 0.5) is 0 Å². The van der Waals surface area contributed by atoms with Crippen molar-refractivity contribution in [3.63, 3.8) is 0 Å². The van der Waals surface area contributed by atoms with E-state index in [1.54, 1.807) is 0 Å². The maximum absolute atomic E-state index is 11.5. The van der Waals surface area contributed by atoms with Crippen LogP contribution in [-0.2, 0) is 5.60 Å². The summed E-state index contributed by atoms with van der Waals surface area (Å²) in [6, 6.07) is 10.4. The Balaban J connectivity index is 0.000000924. The second kappa shape index (κ2) is 9.66. The molecule has 130 valence electrons. The van der Waals surface area contributed by atoms with E-state index in [4.69, 9.17) is 0 Å². The van der Waals surface area contributed by atoms with Crippen LogP contribution in [0.15, 0.2) is 30.3 Å². The Morgan fingerprint density at radius 3 is 2.22 bits per heavy atom. The third-order valence-corrected chi connectivity index (χ3v) is 5.56. The molecular formula is C20H32ClNO. The van der Waals surface area contributed by atoms with Gasteiger partial charge in [0.1, 0.15) is 0 Å². The Kier molecular flexibility index (Phi) is 7.88. The van der Waals surface area contributed by atoms with Crippen molar-refractivity contribution in [2.75, 3.05) is 26.0 Å². The molecule has 0 aromatic heterocycles. The average molecular weight is 338 g/mol. The number of benzene rings is 1. The highest BCUT2D eigenvalue weighted by molar-refractivity contribution is 6.15. The molecule has 1 heterocycles. The normalized spacial score (nSPS) is 22.2. The molecule has 3 rings (SSSR count). The van der Waals surface area contributed by atoms with Gasteiger partial charge < -0.3 is 10.0 Å². The maximum Gasteiger partial charge on any atom is 0.0936 e. The molecule has 2 nitrogen and oxygen atoms in total. The number of likely N-dealkylation sites (tertiary alicyclic amines) is 1. The van der Waals surface area contributed by atoms with Gasteiger partial charge in [-0.15, -0.1) is 11.6 Å². The lowest BCUT2D eigenvalue weighted by atomic mass is 9.71. The van der Waals surface area contributed by atoms with Gasteiger partial charge in [0.2, 0.25) is 0 Å². The van der Waals surface area contributed by atoms with Crippen molar-refractivity contribution < 1.29 is 5.11 Å². The van der Waals surface area contributed by atoms with Crippen molar-refractivity contribution in [3.05, 3.63) is 35.9 Å². The first kappa shape index (κ1) is 18.8. The molecule has 0 radical (unpaired) electrons. The van der Waals surface area contributed by atoms with Crippen LogP contribution in [0, 0.1) is 5.92 Å². The molecule has 0 amide bonds. The van der Waals surface area contributed by atoms with E-state index in [-0.39, 0.29) is 0 Å². The van der Waals surface area contributed by atoms with Crippen LogP contribution in [0.2, 0.25) is 0 Å². The summed E-state index contributed by atoms with van der Waals surface area (Å²) < 4.78 is 0. The molecule has 23 heavy (non-hydrogen) atoms. The lowest BCUT2D eigenvalue weighted by molar-refractivity contribution is -0.0510. The molecule has 2 fully saturated rings. The fourth-order valence-corrected chi connectivity index (χ4v) is 4.23. The monoisotopic (exact) mass is 337 g/mol. The minimum atomic E-state index is -0.621. The van der Waals surface area contributed by atoms with E-state index in [1.807, 2.05) is 6.07 Å². The fraction of sp³-hybridized carbons (Fsp3) is 0.700. The summed E-state index contributed by atoms with van der Waals surface area (Å²) in [6.45, 7) is 3.48. The highest BCUT2D eigenvalue weighted by Crippen LogP contribution is 2.41. The minimum absolute atomic E-state index is 0.441. The lowest BCUT2D eigenvalue weighted by Gasteiger charge is -2.40. The number of alkyl halides is 1. The Morgan fingerprint density at radius 1 is 1.00 bits per heavy atom. The summed E-state index contributed by atoms with van der Waals surface area (Å²) in [5, 5.41) is 11.5. The first-order valence-corrected chi connectivity index (χ1v) is 9.93. The van der Waals surface area contributed by atoms with Crippen LogP contribution >= 0.6 is 11.6 Å². The molecule has 1 saturated heterocycles. The third-order valence-electron chi connectivity index (χ3n) is 5.56. The third kappa shape index (κ3) is 4.95. The molecule has 3 heteroatoms. The van der Waals surface area contributed by atoms with E-state index in [2.05, 4.69) is 40.8 Å². The molecule has 0 spiro atoms. The molecule has 1 atom stereocenters. The van der Waals surface area contributed by atoms with E-state index in [9.17, 15) is 5.11 Å². The van der Waals surface area contributed by atoms with E-state index < -0.39 is 5.60 Å². The Hall–Kier alpha value is -0.570. The SMILES string of the molecule is CCl.OC(CCN1CCCC1)(c1ccccc1)C1CCCCC1. The number of nitrogens with zero attached hydrogens (tertiary/aromatic N) is 1. The van der Waals surface area contributed by atoms with Crippen molar-refractivity contribution >= 4 is 11.6 Å². The zero-order chi connectivity index (χ0) is 16.5. The van der Waals surface area contributed by atoms with Gasteiger partial charge in [-0.25, -0.2) is 0 Å². The number of halogens is 1. The van der Waals surface area contributed by atoms with Gasteiger partial charge in [0.25, 0.3) is 0 Å². The molecule has 1 unspecified atom stereocenters. The molecule has 0 bridgehead atoms. The minimum Gasteiger partial charge on any atom is -0.385 e. The second-order valence-corrected chi connectivity index (χ2v) is 6.92. The highest BCUT2D eigenvalue weighted by Gasteiger charge is 2.38. The second-order valence-electron chi connectivity index (χ2n) is 6.92. The molecular weight excluding hydrogens is 306 g/mol. The number of rotatable bonds is 5. The topological polar surface area (TPSA) is 23.5 Å². The number of hydrogen-bond acceptors (Lipinski definition) is 2. The Labute approximate surface area is 146 Å². The van der Waals surface area contributed by atoms with Crippen molar-refractivity contribution in [1.82, 2.24) is 4.90 Å². The summed E-state index contributed by atoms with van der Waals surface area (Å²) in [5.41, 5.74) is 0.515. The predicted octanol–water partition coefficient (Wildman–Crippen LogP) is 4.80. The van der Waals surface area contributed by atoms with Gasteiger partial charge in [-0.3, -0.25) is 0 Å². The van der Waals surface area contributed by atoms with Gasteiger partial charge in [0, 0.05) is 12.9 Å². The van der Waals surface area contributed by atoms with Crippen molar-refractivity contribution in [2.45, 2.75) is 57.0 Å². The number of hydrogen-bond donors (Lipinski definition) is 1. The van der Waals surface area contributed by atoms with Crippen LogP contribution in [0.5, 0.6) is 0 Å². The van der Waals surface area contributed by atoms with Gasteiger partial charge in [0.15, 0.2) is 0 Å². The molecule has 1 aliphatic heterocycles. The van der Waals surface area contributed by atoms with Crippen LogP contribution in [0.3, 0.4) is 0 Å². The largest absolute Gasteiger partial charge is 0.385 e. The van der Waals surface area contributed by atoms with Crippen molar-refractivity contribution in [1.29, 1.82) is 0 Å². The van der Waals surface area contributed by atoms with Gasteiger partial charge in [-0.05, 0) is 56.7 Å². The van der Waals surface area contributed by atoms with Crippen molar-refractivity contribution in [2.24, 2.45) is 5.92 Å². The number of aliphatic hydroxyl groups is 1. The van der Waals surface area contributed by atoms with Gasteiger partial charge >= 0.3 is 0 Å². The average Bonchev–Trinajstić information content (AvgIpc) is 3.16. The van der Waals surface area contributed by atoms with Gasteiger partial charge in [-0.1, -0.05) is 49.6 Å². The predicted molar refractivity (Wildman–Crippen MR) is 99.0 cm³/mol. The first-order chi connectivity index (χ1) is 11.3. The Morgan fingerprint density at radius 2 is 1.61 bits per heavy atom. The standard InChI is InChI=1S/C19H29NO.CH3Cl/c21-19(17-9-3-1-4-10-17,18-11-5-2-6-12-18)13-16-20-14-7-8-15-20;1-2/h1,3-4,9-10,18,21H,2,5-8,11-16H2;1H3. The van der Waals surface area contributed by atoms with Gasteiger partial charge in [0.05, 0.1) is 5.60 Å². The lowest BCUT2D eigenvalue weighted by Crippen LogP contribution is -2.39. The van der Waals surface area contributed by atoms with E-state index in [0.29, 0.717) is 5.92 Å². The Bertz CT molecular complexity index is 427. The van der Waals surface area contributed by atoms with E-state index in [1.165, 1.54) is 64.4 Å². The fourth-order valence-electron chi connectivity index (χ4n) is 4.23. The van der Waals surface area contributed by atoms with Crippen LogP contribution < -0.4 is 0 Å². The zero-order valence-corrected chi connectivity index (χ0v) is 15.3. The van der Waals surface area contributed by atoms with Crippen LogP contribution in [0.1, 0.15) is 56.9 Å². The molecule has 2 aliphatic rings. The summed E-state index contributed by atoms with van der Waals surface area (Å²) >= 11 is 4.64. The summed E-state index contributed by atoms with van der Waals surface area (Å²) in [7, 11) is 0. The molecule has 1 aromatic carbocycles. The quantitative estimate of drug-likeness (QED) is 0.780. The molecule has 1 aromatic rings. The van der Waals surface area contributed by atoms with Crippen LogP contribution in [-0.4, -0.2) is 36.0 Å². The summed E-state index contributed by atoms with van der Waals surface area (Å²) in [6.07, 6.45) is 11.3. The van der Waals surface area contributed by atoms with Crippen LogP contribution in [0.25, 0.3) is 0 Å². The molecule has 1 N–H and O–H groups in total. The summed E-state index contributed by atoms with van der Waals surface area (Å²) in [4.78, 5) is 2.52. The molecule has 1 saturated carbocycles. The summed E-state index contributed by atoms with van der Waals surface area (Å²) in [5.74, 6) is 0.441. The zero-order valence-electron chi connectivity index (χ0n) is 14.5. The maximum atomic E-state index is 11.5. The van der Waals surface area contributed by atoms with Crippen molar-refractivity contribution in [3.8, 4) is 0 Å².